The number of nitrogens with zero attached hydrogens (tertiary/aromatic N) is 2. The van der Waals surface area contributed by atoms with Gasteiger partial charge in [-0.05, 0) is 73.7 Å². The van der Waals surface area contributed by atoms with Gasteiger partial charge in [-0.25, -0.2) is 0 Å². The summed E-state index contributed by atoms with van der Waals surface area (Å²) in [7, 11) is 0. The van der Waals surface area contributed by atoms with Gasteiger partial charge in [0.1, 0.15) is 18.1 Å². The molecule has 0 N–H and O–H groups in total. The lowest BCUT2D eigenvalue weighted by atomic mass is 10.0. The van der Waals surface area contributed by atoms with Crippen LogP contribution in [0.25, 0.3) is 0 Å². The van der Waals surface area contributed by atoms with Gasteiger partial charge in [0, 0.05) is 43.0 Å². The molecule has 3 aromatic carbocycles. The molecule has 1 amide bonds. The van der Waals surface area contributed by atoms with E-state index in [0.717, 1.165) is 30.2 Å². The Labute approximate surface area is 215 Å². The summed E-state index contributed by atoms with van der Waals surface area (Å²) in [5.41, 5.74) is 6.61. The van der Waals surface area contributed by atoms with E-state index in [-0.39, 0.29) is 5.91 Å². The molecule has 1 fully saturated rings. The second-order valence-electron chi connectivity index (χ2n) is 9.74. The van der Waals surface area contributed by atoms with Gasteiger partial charge in [0.15, 0.2) is 0 Å². The van der Waals surface area contributed by atoms with E-state index in [9.17, 15) is 4.79 Å². The molecule has 0 radical (unpaired) electrons. The van der Waals surface area contributed by atoms with Crippen LogP contribution in [0.1, 0.15) is 59.3 Å². The second kappa shape index (κ2) is 11.5. The second-order valence-corrected chi connectivity index (χ2v) is 9.74. The fourth-order valence-electron chi connectivity index (χ4n) is 4.78. The van der Waals surface area contributed by atoms with E-state index in [1.54, 1.807) is 0 Å². The van der Waals surface area contributed by atoms with E-state index in [4.69, 9.17) is 9.47 Å². The zero-order chi connectivity index (χ0) is 25.7. The minimum atomic E-state index is 0.0579. The summed E-state index contributed by atoms with van der Waals surface area (Å²) in [6.45, 7) is 14.6. The fourth-order valence-corrected chi connectivity index (χ4v) is 4.78. The molecule has 190 valence electrons. The third-order valence-electron chi connectivity index (χ3n) is 7.02. The van der Waals surface area contributed by atoms with E-state index >= 15 is 0 Å². The molecule has 0 aromatic heterocycles. The largest absolute Gasteiger partial charge is 0.493 e. The van der Waals surface area contributed by atoms with Crippen LogP contribution in [0.15, 0.2) is 60.7 Å². The highest BCUT2D eigenvalue weighted by molar-refractivity contribution is 5.94. The van der Waals surface area contributed by atoms with E-state index in [2.05, 4.69) is 56.9 Å². The fraction of sp³-hybridized carbons (Fsp3) is 0.387. The lowest BCUT2D eigenvalue weighted by molar-refractivity contribution is 0.0746. The number of rotatable bonds is 8. The summed E-state index contributed by atoms with van der Waals surface area (Å²) < 4.78 is 12.1. The van der Waals surface area contributed by atoms with Crippen molar-refractivity contribution in [1.82, 2.24) is 4.90 Å². The maximum atomic E-state index is 13.4. The van der Waals surface area contributed by atoms with Gasteiger partial charge in [0.25, 0.3) is 5.91 Å². The number of aryl methyl sites for hydroxylation is 1. The Kier molecular flexibility index (Phi) is 8.19. The van der Waals surface area contributed by atoms with Crippen molar-refractivity contribution < 1.29 is 14.3 Å². The Morgan fingerprint density at radius 1 is 0.889 bits per heavy atom. The van der Waals surface area contributed by atoms with Gasteiger partial charge in [0.2, 0.25) is 0 Å². The number of carbonyl (C=O) groups is 1. The average molecular weight is 487 g/mol. The van der Waals surface area contributed by atoms with E-state index in [1.807, 2.05) is 48.2 Å². The number of amides is 1. The molecule has 5 nitrogen and oxygen atoms in total. The van der Waals surface area contributed by atoms with Crippen molar-refractivity contribution in [3.8, 4) is 11.5 Å². The van der Waals surface area contributed by atoms with Crippen molar-refractivity contribution in [2.45, 2.75) is 47.1 Å². The quantitative estimate of drug-likeness (QED) is 0.371. The Morgan fingerprint density at radius 2 is 1.64 bits per heavy atom. The van der Waals surface area contributed by atoms with Gasteiger partial charge in [-0.1, -0.05) is 44.2 Å². The Hall–Kier alpha value is -3.47. The first kappa shape index (κ1) is 25.6. The molecule has 3 aromatic rings. The van der Waals surface area contributed by atoms with Crippen LogP contribution in [0.4, 0.5) is 5.69 Å². The minimum Gasteiger partial charge on any atom is -0.493 e. The summed E-state index contributed by atoms with van der Waals surface area (Å²) in [6.07, 6.45) is 0. The molecule has 0 bridgehead atoms. The van der Waals surface area contributed by atoms with Crippen molar-refractivity contribution in [3.63, 3.8) is 0 Å². The predicted molar refractivity (Wildman–Crippen MR) is 147 cm³/mol. The minimum absolute atomic E-state index is 0.0579. The molecule has 0 atom stereocenters. The molecule has 1 saturated heterocycles. The number of piperazine rings is 1. The molecule has 1 heterocycles. The van der Waals surface area contributed by atoms with Crippen LogP contribution in [0, 0.1) is 13.8 Å². The SMILES string of the molecule is CCOc1ccc(C(=O)N2CCN(c3cccc(C)c3C)CC2)cc1COc1ccccc1C(C)C. The summed E-state index contributed by atoms with van der Waals surface area (Å²) in [5.74, 6) is 2.05. The number of para-hydroxylation sites is 1. The molecule has 4 rings (SSSR count). The zero-order valence-electron chi connectivity index (χ0n) is 22.2. The predicted octanol–water partition coefficient (Wildman–Crippen LogP) is 6.37. The van der Waals surface area contributed by atoms with Gasteiger partial charge in [-0.2, -0.15) is 0 Å². The molecule has 0 aliphatic carbocycles. The van der Waals surface area contributed by atoms with E-state index in [1.165, 1.54) is 22.4 Å². The molecule has 0 spiro atoms. The van der Waals surface area contributed by atoms with E-state index < -0.39 is 0 Å². The van der Waals surface area contributed by atoms with Crippen molar-refractivity contribution in [2.75, 3.05) is 37.7 Å². The number of carbonyl (C=O) groups excluding carboxylic acids is 1. The van der Waals surface area contributed by atoms with Crippen molar-refractivity contribution in [2.24, 2.45) is 0 Å². The van der Waals surface area contributed by atoms with Crippen LogP contribution < -0.4 is 14.4 Å². The number of anilines is 1. The normalized spacial score (nSPS) is 13.7. The highest BCUT2D eigenvalue weighted by atomic mass is 16.5. The molecule has 5 heteroatoms. The third-order valence-corrected chi connectivity index (χ3v) is 7.02. The molecular formula is C31H38N2O3. The van der Waals surface area contributed by atoms with Crippen molar-refractivity contribution in [3.05, 3.63) is 88.5 Å². The molecule has 1 aliphatic rings. The summed E-state index contributed by atoms with van der Waals surface area (Å²) in [5, 5.41) is 0. The molecular weight excluding hydrogens is 448 g/mol. The van der Waals surface area contributed by atoms with Gasteiger partial charge in [0.05, 0.1) is 6.61 Å². The standard InChI is InChI=1S/C31H38N2O3/c1-6-35-29-15-14-25(20-26(29)21-36-30-13-8-7-11-27(30)22(2)3)31(34)33-18-16-32(17-19-33)28-12-9-10-23(4)24(28)5/h7-15,20,22H,6,16-19,21H2,1-5H3. The summed E-state index contributed by atoms with van der Waals surface area (Å²) in [4.78, 5) is 17.8. The van der Waals surface area contributed by atoms with Crippen LogP contribution in [0.2, 0.25) is 0 Å². The van der Waals surface area contributed by atoms with Crippen molar-refractivity contribution >= 4 is 11.6 Å². The van der Waals surface area contributed by atoms with Gasteiger partial charge >= 0.3 is 0 Å². The van der Waals surface area contributed by atoms with Gasteiger partial charge in [-0.3, -0.25) is 4.79 Å². The monoisotopic (exact) mass is 486 g/mol. The first-order valence-electron chi connectivity index (χ1n) is 13.0. The van der Waals surface area contributed by atoms with Gasteiger partial charge < -0.3 is 19.3 Å². The average Bonchev–Trinajstić information content (AvgIpc) is 2.89. The molecule has 1 aliphatic heterocycles. The Morgan fingerprint density at radius 3 is 2.36 bits per heavy atom. The van der Waals surface area contributed by atoms with Crippen LogP contribution in [-0.4, -0.2) is 43.6 Å². The highest BCUT2D eigenvalue weighted by Gasteiger charge is 2.24. The number of hydrogen-bond acceptors (Lipinski definition) is 4. The van der Waals surface area contributed by atoms with Crippen LogP contribution in [0.3, 0.4) is 0 Å². The van der Waals surface area contributed by atoms with Crippen LogP contribution in [0.5, 0.6) is 11.5 Å². The van der Waals surface area contributed by atoms with Gasteiger partial charge in [-0.15, -0.1) is 0 Å². The Balaban J connectivity index is 1.47. The molecule has 0 saturated carbocycles. The highest BCUT2D eigenvalue weighted by Crippen LogP contribution is 2.29. The smallest absolute Gasteiger partial charge is 0.253 e. The molecule has 36 heavy (non-hydrogen) atoms. The third kappa shape index (κ3) is 5.67. The first-order chi connectivity index (χ1) is 17.4. The van der Waals surface area contributed by atoms with Crippen LogP contribution >= 0.6 is 0 Å². The van der Waals surface area contributed by atoms with E-state index in [0.29, 0.717) is 37.8 Å². The summed E-state index contributed by atoms with van der Waals surface area (Å²) >= 11 is 0. The van der Waals surface area contributed by atoms with Crippen LogP contribution in [-0.2, 0) is 6.61 Å². The van der Waals surface area contributed by atoms with Crippen molar-refractivity contribution in [1.29, 1.82) is 0 Å². The lowest BCUT2D eigenvalue weighted by Gasteiger charge is -2.37. The topological polar surface area (TPSA) is 42.0 Å². The Bertz CT molecular complexity index is 1200. The number of benzene rings is 3. The maximum Gasteiger partial charge on any atom is 0.253 e. The number of hydrogen-bond donors (Lipinski definition) is 0. The number of ether oxygens (including phenoxy) is 2. The zero-order valence-corrected chi connectivity index (χ0v) is 22.2. The maximum absolute atomic E-state index is 13.4. The first-order valence-corrected chi connectivity index (χ1v) is 13.0. The summed E-state index contributed by atoms with van der Waals surface area (Å²) in [6, 6.07) is 20.3. The lowest BCUT2D eigenvalue weighted by Crippen LogP contribution is -2.49. The molecule has 0 unspecified atom stereocenters.